The molecular weight excluding hydrogens is 671 g/mol. The molecule has 0 amide bonds. The van der Waals surface area contributed by atoms with Crippen LogP contribution in [0.2, 0.25) is 0 Å². The summed E-state index contributed by atoms with van der Waals surface area (Å²) in [6.45, 7) is 0. The number of amidine groups is 2. The van der Waals surface area contributed by atoms with Crippen molar-refractivity contribution in [2.45, 2.75) is 6.17 Å². The largest absolute Gasteiger partial charge is 0.456 e. The lowest BCUT2D eigenvalue weighted by molar-refractivity contribution is 0.668. The van der Waals surface area contributed by atoms with E-state index in [0.717, 1.165) is 55.6 Å². The molecule has 1 aromatic heterocycles. The number of nitrogens with zero attached hydrogens (tertiary/aromatic N) is 2. The maximum absolute atomic E-state index is 6.51. The summed E-state index contributed by atoms with van der Waals surface area (Å²) in [5.74, 6) is 1.45. The molecule has 1 atom stereocenters. The Morgan fingerprint density at radius 1 is 0.400 bits per heavy atom. The molecule has 11 rings (SSSR count). The number of benzene rings is 9. The van der Waals surface area contributed by atoms with Gasteiger partial charge in [-0.15, -0.1) is 0 Å². The molecule has 0 spiro atoms. The van der Waals surface area contributed by atoms with Crippen LogP contribution in [0.15, 0.2) is 202 Å². The van der Waals surface area contributed by atoms with E-state index in [0.29, 0.717) is 5.84 Å². The van der Waals surface area contributed by atoms with Gasteiger partial charge < -0.3 is 9.73 Å². The smallest absolute Gasteiger partial charge is 0.160 e. The van der Waals surface area contributed by atoms with Crippen LogP contribution < -0.4 is 5.32 Å². The van der Waals surface area contributed by atoms with E-state index in [-0.39, 0.29) is 6.17 Å². The molecule has 1 N–H and O–H groups in total. The van der Waals surface area contributed by atoms with Crippen molar-refractivity contribution in [1.82, 2.24) is 5.32 Å². The molecule has 0 saturated heterocycles. The fraction of sp³-hybridized carbons (Fsp3) is 0.0196. The van der Waals surface area contributed by atoms with Crippen LogP contribution in [-0.2, 0) is 0 Å². The standard InChI is InChI=1S/C51H33N3O/c1-3-12-32(13-4-1)33-22-24-35(25-23-33)50-52-49(34-14-5-2-6-15-34)53-51(54-50)43-20-11-21-47-48(43)45-31-37(27-29-46(45)55-47)36-26-28-42-40-18-8-7-16-38(40)39-17-9-10-19-41(39)44(42)30-36/h1-31,50H,(H,52,53,54). The molecule has 1 aliphatic rings. The molecule has 0 aliphatic carbocycles. The summed E-state index contributed by atoms with van der Waals surface area (Å²) in [4.78, 5) is 10.5. The number of furan rings is 1. The summed E-state index contributed by atoms with van der Waals surface area (Å²) in [5, 5.41) is 13.3. The molecule has 4 heteroatoms. The normalized spacial score (nSPS) is 14.4. The maximum Gasteiger partial charge on any atom is 0.160 e. The average molecular weight is 704 g/mol. The highest BCUT2D eigenvalue weighted by Crippen LogP contribution is 2.39. The van der Waals surface area contributed by atoms with Crippen LogP contribution in [0.4, 0.5) is 0 Å². The zero-order chi connectivity index (χ0) is 36.3. The number of nitrogens with one attached hydrogen (secondary N) is 1. The van der Waals surface area contributed by atoms with Crippen LogP contribution in [0.25, 0.3) is 76.5 Å². The third-order valence-electron chi connectivity index (χ3n) is 10.9. The van der Waals surface area contributed by atoms with Gasteiger partial charge in [0.2, 0.25) is 0 Å². The minimum absolute atomic E-state index is 0.333. The minimum Gasteiger partial charge on any atom is -0.456 e. The van der Waals surface area contributed by atoms with E-state index in [1.807, 2.05) is 36.4 Å². The predicted molar refractivity (Wildman–Crippen MR) is 229 cm³/mol. The van der Waals surface area contributed by atoms with Crippen LogP contribution in [0, 0.1) is 0 Å². The second-order valence-electron chi connectivity index (χ2n) is 14.2. The van der Waals surface area contributed by atoms with E-state index in [2.05, 4.69) is 157 Å². The lowest BCUT2D eigenvalue weighted by Gasteiger charge is -2.24. The first-order valence-corrected chi connectivity index (χ1v) is 18.7. The van der Waals surface area contributed by atoms with Crippen molar-refractivity contribution >= 4 is 65.9 Å². The van der Waals surface area contributed by atoms with Gasteiger partial charge in [-0.2, -0.15) is 0 Å². The number of hydrogen-bond acceptors (Lipinski definition) is 4. The maximum atomic E-state index is 6.51. The number of hydrogen-bond donors (Lipinski definition) is 1. The highest BCUT2D eigenvalue weighted by atomic mass is 16.3. The van der Waals surface area contributed by atoms with Crippen LogP contribution in [-0.4, -0.2) is 11.7 Å². The third kappa shape index (κ3) is 5.30. The minimum atomic E-state index is -0.333. The van der Waals surface area contributed by atoms with Crippen molar-refractivity contribution in [2.75, 3.05) is 0 Å². The van der Waals surface area contributed by atoms with Gasteiger partial charge in [0.15, 0.2) is 5.84 Å². The zero-order valence-electron chi connectivity index (χ0n) is 29.8. The molecule has 258 valence electrons. The fourth-order valence-electron chi connectivity index (χ4n) is 8.25. The van der Waals surface area contributed by atoms with E-state index < -0.39 is 0 Å². The topological polar surface area (TPSA) is 49.9 Å². The first-order valence-electron chi connectivity index (χ1n) is 18.7. The van der Waals surface area contributed by atoms with E-state index in [4.69, 9.17) is 14.4 Å². The van der Waals surface area contributed by atoms with Gasteiger partial charge in [0.1, 0.15) is 23.2 Å². The van der Waals surface area contributed by atoms with Gasteiger partial charge in [-0.3, -0.25) is 0 Å². The van der Waals surface area contributed by atoms with Gasteiger partial charge in [-0.25, -0.2) is 9.98 Å². The lowest BCUT2D eigenvalue weighted by atomic mass is 9.92. The molecule has 2 heterocycles. The summed E-state index contributed by atoms with van der Waals surface area (Å²) in [6, 6.07) is 66.4. The third-order valence-corrected chi connectivity index (χ3v) is 10.9. The summed E-state index contributed by atoms with van der Waals surface area (Å²) in [7, 11) is 0. The quantitative estimate of drug-likeness (QED) is 0.181. The fourth-order valence-corrected chi connectivity index (χ4v) is 8.25. The van der Waals surface area contributed by atoms with E-state index >= 15 is 0 Å². The molecule has 10 aromatic rings. The molecule has 4 nitrogen and oxygen atoms in total. The molecule has 0 bridgehead atoms. The predicted octanol–water partition coefficient (Wildman–Crippen LogP) is 12.9. The molecule has 0 fully saturated rings. The molecule has 0 saturated carbocycles. The van der Waals surface area contributed by atoms with Crippen LogP contribution in [0.5, 0.6) is 0 Å². The summed E-state index contributed by atoms with van der Waals surface area (Å²) in [6.07, 6.45) is -0.333. The Morgan fingerprint density at radius 3 is 1.64 bits per heavy atom. The second kappa shape index (κ2) is 12.7. The Kier molecular flexibility index (Phi) is 7.20. The second-order valence-corrected chi connectivity index (χ2v) is 14.2. The Hall–Kier alpha value is -7.30. The van der Waals surface area contributed by atoms with Crippen molar-refractivity contribution in [1.29, 1.82) is 0 Å². The Balaban J connectivity index is 1.06. The summed E-state index contributed by atoms with van der Waals surface area (Å²) >= 11 is 0. The molecule has 55 heavy (non-hydrogen) atoms. The number of fused-ring (bicyclic) bond motifs is 9. The van der Waals surface area contributed by atoms with Crippen molar-refractivity contribution < 1.29 is 4.42 Å². The average Bonchev–Trinajstić information content (AvgIpc) is 3.65. The zero-order valence-corrected chi connectivity index (χ0v) is 29.8. The highest BCUT2D eigenvalue weighted by molar-refractivity contribution is 6.26. The van der Waals surface area contributed by atoms with E-state index in [1.165, 1.54) is 43.4 Å². The molecule has 9 aromatic carbocycles. The van der Waals surface area contributed by atoms with Gasteiger partial charge in [-0.1, -0.05) is 164 Å². The Morgan fingerprint density at radius 2 is 0.945 bits per heavy atom. The van der Waals surface area contributed by atoms with Crippen molar-refractivity contribution in [3.8, 4) is 22.3 Å². The number of aliphatic imine (C=N–C) groups is 2. The molecule has 1 aliphatic heterocycles. The lowest BCUT2D eigenvalue weighted by Crippen LogP contribution is -2.33. The molecular formula is C51H33N3O. The molecule has 0 radical (unpaired) electrons. The molecule has 1 unspecified atom stereocenters. The first kappa shape index (κ1) is 31.2. The first-order chi connectivity index (χ1) is 27.2. The van der Waals surface area contributed by atoms with Gasteiger partial charge in [-0.05, 0) is 84.4 Å². The van der Waals surface area contributed by atoms with Crippen molar-refractivity contribution in [3.63, 3.8) is 0 Å². The SMILES string of the molecule is c1ccc(C2=NC(c3cccc4oc5ccc(-c6ccc7c8ccccc8c8ccccc8c7c6)cc5c34)=NC(c3ccc(-c4ccccc4)cc3)N2)cc1. The summed E-state index contributed by atoms with van der Waals surface area (Å²) < 4.78 is 6.51. The van der Waals surface area contributed by atoms with Crippen LogP contribution in [0.1, 0.15) is 22.9 Å². The van der Waals surface area contributed by atoms with Crippen LogP contribution >= 0.6 is 0 Å². The van der Waals surface area contributed by atoms with Gasteiger partial charge in [0.05, 0.1) is 0 Å². The van der Waals surface area contributed by atoms with Gasteiger partial charge in [0.25, 0.3) is 0 Å². The Labute approximate surface area is 317 Å². The van der Waals surface area contributed by atoms with Crippen LogP contribution in [0.3, 0.4) is 0 Å². The Bertz CT molecular complexity index is 3120. The highest BCUT2D eigenvalue weighted by Gasteiger charge is 2.24. The van der Waals surface area contributed by atoms with E-state index in [1.54, 1.807) is 0 Å². The monoisotopic (exact) mass is 703 g/mol. The van der Waals surface area contributed by atoms with Crippen molar-refractivity contribution in [2.24, 2.45) is 9.98 Å². The number of rotatable bonds is 5. The van der Waals surface area contributed by atoms with Gasteiger partial charge >= 0.3 is 0 Å². The summed E-state index contributed by atoms with van der Waals surface area (Å²) in [5.41, 5.74) is 9.27. The van der Waals surface area contributed by atoms with E-state index in [9.17, 15) is 0 Å². The van der Waals surface area contributed by atoms with Crippen molar-refractivity contribution in [3.05, 3.63) is 205 Å². The van der Waals surface area contributed by atoms with Gasteiger partial charge in [0, 0.05) is 21.9 Å².